The second-order valence-electron chi connectivity index (χ2n) is 1.69. The van der Waals surface area contributed by atoms with Crippen molar-refractivity contribution in [1.82, 2.24) is 15.4 Å². The average Bonchev–Trinajstić information content (AvgIpc) is 2.01. The van der Waals surface area contributed by atoms with E-state index in [4.69, 9.17) is 5.73 Å². The van der Waals surface area contributed by atoms with Crippen molar-refractivity contribution in [2.45, 2.75) is 0 Å². The van der Waals surface area contributed by atoms with E-state index in [0.717, 1.165) is 0 Å². The van der Waals surface area contributed by atoms with Gasteiger partial charge < -0.3 is 5.73 Å². The minimum Gasteiger partial charge on any atom is -0.368 e. The van der Waals surface area contributed by atoms with E-state index in [1.807, 2.05) is 0 Å². The fourth-order valence-corrected chi connectivity index (χ4v) is 0.547. The SMILES string of the molecule is Nc1nccc(NNC=O)n1. The van der Waals surface area contributed by atoms with E-state index >= 15 is 0 Å². The van der Waals surface area contributed by atoms with E-state index in [9.17, 15) is 4.79 Å². The third kappa shape index (κ3) is 2.09. The molecule has 11 heavy (non-hydrogen) atoms. The highest BCUT2D eigenvalue weighted by atomic mass is 16.1. The highest BCUT2D eigenvalue weighted by Gasteiger charge is 1.91. The zero-order chi connectivity index (χ0) is 8.10. The van der Waals surface area contributed by atoms with Crippen LogP contribution in [0.1, 0.15) is 0 Å². The highest BCUT2D eigenvalue weighted by molar-refractivity contribution is 5.50. The van der Waals surface area contributed by atoms with Gasteiger partial charge in [-0.05, 0) is 0 Å². The van der Waals surface area contributed by atoms with Gasteiger partial charge in [-0.2, -0.15) is 4.98 Å². The maximum Gasteiger partial charge on any atom is 0.225 e. The van der Waals surface area contributed by atoms with Crippen molar-refractivity contribution in [3.63, 3.8) is 0 Å². The molecule has 1 aromatic heterocycles. The number of nitrogen functional groups attached to an aromatic ring is 1. The Morgan fingerprint density at radius 2 is 2.45 bits per heavy atom. The van der Waals surface area contributed by atoms with E-state index < -0.39 is 0 Å². The number of carbonyl (C=O) groups excluding carboxylic acids is 1. The lowest BCUT2D eigenvalue weighted by Crippen LogP contribution is -2.20. The molecule has 0 radical (unpaired) electrons. The van der Waals surface area contributed by atoms with Gasteiger partial charge in [-0.15, -0.1) is 0 Å². The largest absolute Gasteiger partial charge is 0.368 e. The molecule has 0 saturated heterocycles. The molecule has 4 N–H and O–H groups in total. The first-order valence-electron chi connectivity index (χ1n) is 2.86. The minimum atomic E-state index is 0.155. The number of hydrazine groups is 1. The fraction of sp³-hybridized carbons (Fsp3) is 0. The lowest BCUT2D eigenvalue weighted by atomic mass is 10.6. The number of amides is 1. The van der Waals surface area contributed by atoms with Crippen LogP contribution in [0.5, 0.6) is 0 Å². The summed E-state index contributed by atoms with van der Waals surface area (Å²) in [7, 11) is 0. The van der Waals surface area contributed by atoms with Crippen LogP contribution in [-0.2, 0) is 4.79 Å². The Labute approximate surface area is 62.8 Å². The molecular weight excluding hydrogens is 146 g/mol. The number of aromatic nitrogens is 2. The van der Waals surface area contributed by atoms with Crippen molar-refractivity contribution in [2.75, 3.05) is 11.2 Å². The normalized spacial score (nSPS) is 8.73. The zero-order valence-electron chi connectivity index (χ0n) is 5.61. The number of nitrogens with zero attached hydrogens (tertiary/aromatic N) is 2. The number of carbonyl (C=O) groups is 1. The van der Waals surface area contributed by atoms with E-state index in [1.54, 1.807) is 6.07 Å². The molecule has 6 heteroatoms. The Balaban J connectivity index is 2.63. The lowest BCUT2D eigenvalue weighted by Gasteiger charge is -2.01. The van der Waals surface area contributed by atoms with Crippen LogP contribution in [0.3, 0.4) is 0 Å². The minimum absolute atomic E-state index is 0.155. The van der Waals surface area contributed by atoms with Gasteiger partial charge in [0.1, 0.15) is 5.82 Å². The summed E-state index contributed by atoms with van der Waals surface area (Å²) in [5.41, 5.74) is 9.95. The Morgan fingerprint density at radius 1 is 1.64 bits per heavy atom. The van der Waals surface area contributed by atoms with Crippen molar-refractivity contribution < 1.29 is 4.79 Å². The molecule has 0 fully saturated rings. The summed E-state index contributed by atoms with van der Waals surface area (Å²) in [5.74, 6) is 0.604. The number of nitrogens with two attached hydrogens (primary N) is 1. The molecule has 58 valence electrons. The first-order valence-corrected chi connectivity index (χ1v) is 2.86. The molecule has 0 spiro atoms. The molecule has 0 saturated carbocycles. The van der Waals surface area contributed by atoms with Gasteiger partial charge in [0.2, 0.25) is 12.4 Å². The molecule has 0 aromatic carbocycles. The average molecular weight is 153 g/mol. The van der Waals surface area contributed by atoms with E-state index in [-0.39, 0.29) is 5.95 Å². The van der Waals surface area contributed by atoms with Crippen molar-refractivity contribution >= 4 is 18.2 Å². The molecule has 1 amide bonds. The molecule has 1 aromatic rings. The van der Waals surface area contributed by atoms with Crippen LogP contribution in [0.15, 0.2) is 12.3 Å². The Hall–Kier alpha value is -1.85. The van der Waals surface area contributed by atoms with Crippen LogP contribution in [0, 0.1) is 0 Å². The summed E-state index contributed by atoms with van der Waals surface area (Å²) in [6.45, 7) is 0. The van der Waals surface area contributed by atoms with Gasteiger partial charge in [-0.3, -0.25) is 15.6 Å². The number of nitrogens with one attached hydrogen (secondary N) is 2. The maximum atomic E-state index is 9.81. The van der Waals surface area contributed by atoms with Crippen LogP contribution in [0.25, 0.3) is 0 Å². The van der Waals surface area contributed by atoms with Gasteiger partial charge in [0.25, 0.3) is 0 Å². The predicted molar refractivity (Wildman–Crippen MR) is 39.3 cm³/mol. The van der Waals surface area contributed by atoms with Gasteiger partial charge in [-0.1, -0.05) is 0 Å². The van der Waals surface area contributed by atoms with Gasteiger partial charge in [0, 0.05) is 12.3 Å². The van der Waals surface area contributed by atoms with Gasteiger partial charge in [0.05, 0.1) is 0 Å². The van der Waals surface area contributed by atoms with Crippen LogP contribution >= 0.6 is 0 Å². The van der Waals surface area contributed by atoms with Crippen LogP contribution in [0.4, 0.5) is 11.8 Å². The molecular formula is C5H7N5O. The summed E-state index contributed by atoms with van der Waals surface area (Å²) < 4.78 is 0. The number of hydrogen-bond donors (Lipinski definition) is 3. The van der Waals surface area contributed by atoms with E-state index in [2.05, 4.69) is 20.8 Å². The zero-order valence-corrected chi connectivity index (χ0v) is 5.61. The summed E-state index contributed by atoms with van der Waals surface area (Å²) in [4.78, 5) is 17.2. The Kier molecular flexibility index (Phi) is 2.21. The van der Waals surface area contributed by atoms with Crippen LogP contribution in [-0.4, -0.2) is 16.4 Å². The monoisotopic (exact) mass is 153 g/mol. The maximum absolute atomic E-state index is 9.81. The molecule has 6 nitrogen and oxygen atoms in total. The number of hydrogen-bond acceptors (Lipinski definition) is 5. The lowest BCUT2D eigenvalue weighted by molar-refractivity contribution is -0.109. The van der Waals surface area contributed by atoms with E-state index in [1.165, 1.54) is 6.20 Å². The molecule has 0 aliphatic carbocycles. The molecule has 1 heterocycles. The van der Waals surface area contributed by atoms with Crippen LogP contribution in [0.2, 0.25) is 0 Å². The van der Waals surface area contributed by atoms with Crippen molar-refractivity contribution in [3.8, 4) is 0 Å². The second kappa shape index (κ2) is 3.35. The smallest absolute Gasteiger partial charge is 0.225 e. The summed E-state index contributed by atoms with van der Waals surface area (Å²) >= 11 is 0. The molecule has 0 bridgehead atoms. The molecule has 0 aliphatic rings. The number of anilines is 2. The van der Waals surface area contributed by atoms with Crippen molar-refractivity contribution in [3.05, 3.63) is 12.3 Å². The van der Waals surface area contributed by atoms with E-state index in [0.29, 0.717) is 12.2 Å². The molecule has 0 atom stereocenters. The quantitative estimate of drug-likeness (QED) is 0.388. The summed E-state index contributed by atoms with van der Waals surface area (Å²) in [5, 5.41) is 0. The van der Waals surface area contributed by atoms with Gasteiger partial charge in [0.15, 0.2) is 0 Å². The van der Waals surface area contributed by atoms with Crippen LogP contribution < -0.4 is 16.6 Å². The number of rotatable bonds is 3. The summed E-state index contributed by atoms with van der Waals surface area (Å²) in [6, 6.07) is 1.58. The third-order valence-electron chi connectivity index (χ3n) is 0.933. The summed E-state index contributed by atoms with van der Waals surface area (Å²) in [6.07, 6.45) is 1.98. The molecule has 1 rings (SSSR count). The Bertz CT molecular complexity index is 250. The topological polar surface area (TPSA) is 92.9 Å². The third-order valence-corrected chi connectivity index (χ3v) is 0.933. The second-order valence-corrected chi connectivity index (χ2v) is 1.69. The molecule has 0 aliphatic heterocycles. The fourth-order valence-electron chi connectivity index (χ4n) is 0.547. The van der Waals surface area contributed by atoms with Crippen molar-refractivity contribution in [1.29, 1.82) is 0 Å². The molecule has 0 unspecified atom stereocenters. The predicted octanol–water partition coefficient (Wildman–Crippen LogP) is -0.868. The first-order chi connectivity index (χ1) is 5.33. The first kappa shape index (κ1) is 7.26. The van der Waals surface area contributed by atoms with Gasteiger partial charge in [-0.25, -0.2) is 4.98 Å². The standard InChI is InChI=1S/C5H7N5O/c6-5-7-2-1-4(9-5)10-8-3-11/h1-3H,(H,8,11)(H3,6,7,9,10). The van der Waals surface area contributed by atoms with Crippen molar-refractivity contribution in [2.24, 2.45) is 0 Å². The Morgan fingerprint density at radius 3 is 3.09 bits per heavy atom. The highest BCUT2D eigenvalue weighted by Crippen LogP contribution is 1.99. The van der Waals surface area contributed by atoms with Gasteiger partial charge >= 0.3 is 0 Å².